The number of rotatable bonds is 5. The minimum absolute atomic E-state index is 0.0411. The van der Waals surface area contributed by atoms with Crippen molar-refractivity contribution in [3.63, 3.8) is 0 Å². The van der Waals surface area contributed by atoms with Crippen molar-refractivity contribution in [1.82, 2.24) is 0 Å². The molecular formula is C39H46O7. The predicted octanol–water partition coefficient (Wildman–Crippen LogP) is 8.32. The first-order valence-electron chi connectivity index (χ1n) is 16.8. The molecule has 6 unspecified atom stereocenters. The summed E-state index contributed by atoms with van der Waals surface area (Å²) in [6.07, 6.45) is 11.3. The van der Waals surface area contributed by atoms with Crippen molar-refractivity contribution in [2.45, 2.75) is 84.7 Å². The van der Waals surface area contributed by atoms with Gasteiger partial charge in [0.15, 0.2) is 11.2 Å². The number of carbonyl (C=O) groups is 2. The highest BCUT2D eigenvalue weighted by molar-refractivity contribution is 5.91. The van der Waals surface area contributed by atoms with Crippen LogP contribution in [0.4, 0.5) is 0 Å². The number of allylic oxidation sites excluding steroid dienone is 1. The highest BCUT2D eigenvalue weighted by atomic mass is 16.5. The van der Waals surface area contributed by atoms with E-state index in [0.29, 0.717) is 52.3 Å². The van der Waals surface area contributed by atoms with Crippen LogP contribution in [0.25, 0.3) is 22.3 Å². The maximum Gasteiger partial charge on any atom is 0.305 e. The quantitative estimate of drug-likeness (QED) is 0.263. The first-order valence-corrected chi connectivity index (χ1v) is 16.8. The number of benzene rings is 2. The second-order valence-corrected chi connectivity index (χ2v) is 14.0. The molecule has 0 radical (unpaired) electrons. The standard InChI is InChI=1S/C22H32O3.C17H14O4/c1-4-20(24)25-19-8-7-17-16-6-5-14-13-15(23)9-11-21(14,2)18(16)10-12-22(17,19)3;1-19-12-5-3-4-11(8-12)16-10-15(18)14-7-6-13(20-2)9-17(14)21-16/h13,16-19H,4-12H2,1-3H3;3-10H,1-2H3. The van der Waals surface area contributed by atoms with Crippen molar-refractivity contribution in [1.29, 1.82) is 0 Å². The molecule has 3 aromatic rings. The fourth-order valence-corrected chi connectivity index (χ4v) is 9.13. The number of hydrogen-bond donors (Lipinski definition) is 0. The molecule has 4 aliphatic rings. The van der Waals surface area contributed by atoms with Crippen LogP contribution in [0.5, 0.6) is 11.5 Å². The van der Waals surface area contributed by atoms with Crippen molar-refractivity contribution in [3.8, 4) is 22.8 Å². The van der Waals surface area contributed by atoms with Gasteiger partial charge in [-0.2, -0.15) is 0 Å². The van der Waals surface area contributed by atoms with Crippen LogP contribution in [0, 0.1) is 28.6 Å². The third kappa shape index (κ3) is 5.78. The van der Waals surface area contributed by atoms with E-state index >= 15 is 0 Å². The van der Waals surface area contributed by atoms with Crippen LogP contribution in [0.3, 0.4) is 0 Å². The molecule has 7 heteroatoms. The zero-order valence-corrected chi connectivity index (χ0v) is 27.7. The zero-order chi connectivity index (χ0) is 32.6. The third-order valence-corrected chi connectivity index (χ3v) is 11.7. The summed E-state index contributed by atoms with van der Waals surface area (Å²) in [5, 5.41) is 0.530. The molecule has 4 aliphatic carbocycles. The van der Waals surface area contributed by atoms with E-state index in [1.165, 1.54) is 30.9 Å². The van der Waals surface area contributed by atoms with Gasteiger partial charge in [0, 0.05) is 36.0 Å². The summed E-state index contributed by atoms with van der Waals surface area (Å²) < 4.78 is 22.1. The smallest absolute Gasteiger partial charge is 0.305 e. The van der Waals surface area contributed by atoms with E-state index in [-0.39, 0.29) is 28.3 Å². The fraction of sp³-hybridized carbons (Fsp3) is 0.513. The van der Waals surface area contributed by atoms with Crippen LogP contribution in [-0.2, 0) is 14.3 Å². The topological polar surface area (TPSA) is 92.0 Å². The molecule has 0 aliphatic heterocycles. The van der Waals surface area contributed by atoms with Gasteiger partial charge in [-0.1, -0.05) is 38.5 Å². The lowest BCUT2D eigenvalue weighted by Crippen LogP contribution is -2.51. The Morgan fingerprint density at radius 2 is 1.67 bits per heavy atom. The largest absolute Gasteiger partial charge is 0.497 e. The molecule has 0 bridgehead atoms. The van der Waals surface area contributed by atoms with Crippen molar-refractivity contribution in [3.05, 3.63) is 70.4 Å². The Morgan fingerprint density at radius 3 is 2.43 bits per heavy atom. The number of ketones is 1. The maximum absolute atomic E-state index is 12.2. The Hall–Kier alpha value is -3.87. The molecule has 2 aromatic carbocycles. The summed E-state index contributed by atoms with van der Waals surface area (Å²) in [7, 11) is 3.17. The van der Waals surface area contributed by atoms with E-state index in [9.17, 15) is 14.4 Å². The van der Waals surface area contributed by atoms with E-state index in [1.807, 2.05) is 37.3 Å². The van der Waals surface area contributed by atoms with Crippen molar-refractivity contribution < 1.29 is 28.2 Å². The summed E-state index contributed by atoms with van der Waals surface area (Å²) in [6, 6.07) is 14.0. The molecule has 6 atom stereocenters. The monoisotopic (exact) mass is 626 g/mol. The molecule has 3 fully saturated rings. The lowest BCUT2D eigenvalue weighted by molar-refractivity contribution is -0.159. The van der Waals surface area contributed by atoms with Gasteiger partial charge in [0.25, 0.3) is 0 Å². The van der Waals surface area contributed by atoms with Crippen molar-refractivity contribution in [2.24, 2.45) is 28.6 Å². The van der Waals surface area contributed by atoms with E-state index in [2.05, 4.69) is 13.8 Å². The highest BCUT2D eigenvalue weighted by Crippen LogP contribution is 2.65. The van der Waals surface area contributed by atoms with Crippen LogP contribution in [0.15, 0.2) is 69.4 Å². The summed E-state index contributed by atoms with van der Waals surface area (Å²) >= 11 is 0. The fourth-order valence-electron chi connectivity index (χ4n) is 9.13. The van der Waals surface area contributed by atoms with Crippen molar-refractivity contribution in [2.75, 3.05) is 14.2 Å². The number of carbonyl (C=O) groups excluding carboxylic acids is 2. The summed E-state index contributed by atoms with van der Waals surface area (Å²) in [6.45, 7) is 6.69. The number of ether oxygens (including phenoxy) is 3. The maximum atomic E-state index is 12.2. The number of hydrogen-bond acceptors (Lipinski definition) is 7. The highest BCUT2D eigenvalue weighted by Gasteiger charge is 2.59. The average Bonchev–Trinajstić information content (AvgIpc) is 3.40. The van der Waals surface area contributed by atoms with E-state index in [1.54, 1.807) is 32.4 Å². The number of esters is 1. The molecule has 1 heterocycles. The molecule has 1 aromatic heterocycles. The second kappa shape index (κ2) is 12.7. The SMILES string of the molecule is CCC(=O)OC1CCC2C3CCC4=CC(=O)CCC4(C)C3CCC12C.COc1cccc(-c2cc(=O)c3ccc(OC)cc3o2)c1. The first kappa shape index (κ1) is 32.1. The van der Waals surface area contributed by atoms with Gasteiger partial charge in [-0.15, -0.1) is 0 Å². The van der Waals surface area contributed by atoms with E-state index < -0.39 is 0 Å². The Labute approximate surface area is 271 Å². The van der Waals surface area contributed by atoms with Crippen LogP contribution in [-0.4, -0.2) is 32.1 Å². The van der Waals surface area contributed by atoms with Gasteiger partial charge in [0.05, 0.1) is 19.6 Å². The molecule has 0 spiro atoms. The van der Waals surface area contributed by atoms with E-state index in [0.717, 1.165) is 43.6 Å². The van der Waals surface area contributed by atoms with Gasteiger partial charge in [0.1, 0.15) is 28.9 Å². The van der Waals surface area contributed by atoms with Crippen LogP contribution >= 0.6 is 0 Å². The average molecular weight is 627 g/mol. The van der Waals surface area contributed by atoms with E-state index in [4.69, 9.17) is 18.6 Å². The molecule has 0 N–H and O–H groups in total. The zero-order valence-electron chi connectivity index (χ0n) is 27.7. The van der Waals surface area contributed by atoms with Gasteiger partial charge >= 0.3 is 5.97 Å². The normalized spacial score (nSPS) is 29.8. The lowest BCUT2D eigenvalue weighted by atomic mass is 9.47. The van der Waals surface area contributed by atoms with Crippen LogP contribution in [0.1, 0.15) is 78.6 Å². The Morgan fingerprint density at radius 1 is 0.891 bits per heavy atom. The molecule has 0 amide bonds. The summed E-state index contributed by atoms with van der Waals surface area (Å²) in [4.78, 5) is 36.0. The summed E-state index contributed by atoms with van der Waals surface area (Å²) in [5.74, 6) is 4.27. The minimum atomic E-state index is -0.0864. The van der Waals surface area contributed by atoms with Gasteiger partial charge < -0.3 is 18.6 Å². The Kier molecular flexibility index (Phi) is 8.88. The molecule has 0 saturated heterocycles. The Bertz CT molecular complexity index is 1720. The third-order valence-electron chi connectivity index (χ3n) is 11.7. The molecule has 7 rings (SSSR count). The molecule has 244 valence electrons. The second-order valence-electron chi connectivity index (χ2n) is 14.0. The lowest BCUT2D eigenvalue weighted by Gasteiger charge is -2.57. The van der Waals surface area contributed by atoms with Gasteiger partial charge in [0.2, 0.25) is 0 Å². The Balaban J connectivity index is 0.000000164. The van der Waals surface area contributed by atoms with Gasteiger partial charge in [-0.05, 0) is 98.5 Å². The predicted molar refractivity (Wildman–Crippen MR) is 178 cm³/mol. The summed E-state index contributed by atoms with van der Waals surface area (Å²) in [5.41, 5.74) is 3.03. The minimum Gasteiger partial charge on any atom is -0.497 e. The van der Waals surface area contributed by atoms with Crippen LogP contribution < -0.4 is 14.9 Å². The van der Waals surface area contributed by atoms with Gasteiger partial charge in [-0.3, -0.25) is 14.4 Å². The van der Waals surface area contributed by atoms with Gasteiger partial charge in [-0.25, -0.2) is 0 Å². The molecule has 7 nitrogen and oxygen atoms in total. The molecular weight excluding hydrogens is 580 g/mol. The molecule has 3 saturated carbocycles. The number of methoxy groups -OCH3 is 2. The van der Waals surface area contributed by atoms with Crippen molar-refractivity contribution >= 4 is 22.7 Å². The first-order chi connectivity index (χ1) is 22.1. The number of fused-ring (bicyclic) bond motifs is 6. The van der Waals surface area contributed by atoms with Crippen LogP contribution in [0.2, 0.25) is 0 Å². The molecule has 46 heavy (non-hydrogen) atoms.